The Morgan fingerprint density at radius 2 is 2.07 bits per heavy atom. The van der Waals surface area contributed by atoms with Crippen molar-refractivity contribution in [1.82, 2.24) is 15.5 Å². The molecule has 1 aromatic carbocycles. The van der Waals surface area contributed by atoms with Crippen LogP contribution < -0.4 is 5.32 Å². The van der Waals surface area contributed by atoms with Gasteiger partial charge in [0.25, 0.3) is 5.89 Å². The van der Waals surface area contributed by atoms with Gasteiger partial charge < -0.3 is 14.2 Å². The first-order valence-electron chi connectivity index (χ1n) is 9.41. The smallest absolute Gasteiger partial charge is 0.308 e. The summed E-state index contributed by atoms with van der Waals surface area (Å²) in [4.78, 5) is 12.3. The van der Waals surface area contributed by atoms with Crippen molar-refractivity contribution >= 4 is 16.9 Å². The number of hydrogen-bond acceptors (Lipinski definition) is 5. The third-order valence-electron chi connectivity index (χ3n) is 5.02. The van der Waals surface area contributed by atoms with Gasteiger partial charge in [-0.2, -0.15) is 0 Å². The van der Waals surface area contributed by atoms with Gasteiger partial charge >= 0.3 is 11.8 Å². The lowest BCUT2D eigenvalue weighted by atomic mass is 9.97. The van der Waals surface area contributed by atoms with Crippen LogP contribution in [0.1, 0.15) is 53.9 Å². The molecule has 27 heavy (non-hydrogen) atoms. The fourth-order valence-corrected chi connectivity index (χ4v) is 3.49. The first-order valence-corrected chi connectivity index (χ1v) is 9.41. The van der Waals surface area contributed by atoms with Gasteiger partial charge in [0.2, 0.25) is 0 Å². The molecule has 0 aliphatic heterocycles. The first kappa shape index (κ1) is 17.5. The lowest BCUT2D eigenvalue weighted by Gasteiger charge is -2.12. The lowest BCUT2D eigenvalue weighted by molar-refractivity contribution is 0.0920. The van der Waals surface area contributed by atoms with Gasteiger partial charge in [-0.15, -0.1) is 10.2 Å². The number of amides is 1. The fourth-order valence-electron chi connectivity index (χ4n) is 3.49. The fraction of sp³-hybridized carbons (Fsp3) is 0.381. The van der Waals surface area contributed by atoms with Crippen LogP contribution in [0.5, 0.6) is 0 Å². The van der Waals surface area contributed by atoms with Crippen molar-refractivity contribution in [3.05, 3.63) is 46.9 Å². The second-order valence-electron chi connectivity index (χ2n) is 7.08. The summed E-state index contributed by atoms with van der Waals surface area (Å²) >= 11 is 0. The average molecular weight is 365 g/mol. The van der Waals surface area contributed by atoms with E-state index in [9.17, 15) is 4.79 Å². The van der Waals surface area contributed by atoms with Crippen LogP contribution >= 0.6 is 0 Å². The maximum absolute atomic E-state index is 12.3. The molecule has 0 atom stereocenters. The Balaban J connectivity index is 1.46. The molecule has 1 N–H and O–H groups in total. The van der Waals surface area contributed by atoms with Gasteiger partial charge in [0.15, 0.2) is 5.76 Å². The highest BCUT2D eigenvalue weighted by atomic mass is 16.4. The Morgan fingerprint density at radius 3 is 2.89 bits per heavy atom. The van der Waals surface area contributed by atoms with E-state index >= 15 is 0 Å². The van der Waals surface area contributed by atoms with E-state index < -0.39 is 0 Å². The highest BCUT2D eigenvalue weighted by Gasteiger charge is 2.21. The summed E-state index contributed by atoms with van der Waals surface area (Å²) in [5, 5.41) is 11.7. The van der Waals surface area contributed by atoms with Crippen LogP contribution in [0.2, 0.25) is 0 Å². The summed E-state index contributed by atoms with van der Waals surface area (Å²) in [5.74, 6) is 0.337. The highest BCUT2D eigenvalue weighted by molar-refractivity contribution is 5.90. The zero-order chi connectivity index (χ0) is 18.8. The second kappa shape index (κ2) is 7.39. The Morgan fingerprint density at radius 1 is 1.19 bits per heavy atom. The van der Waals surface area contributed by atoms with Crippen molar-refractivity contribution in [3.63, 3.8) is 0 Å². The molecule has 3 aromatic rings. The maximum Gasteiger partial charge on any atom is 0.308 e. The number of allylic oxidation sites excluding steroid dienone is 1. The van der Waals surface area contributed by atoms with E-state index in [-0.39, 0.29) is 17.7 Å². The van der Waals surface area contributed by atoms with Gasteiger partial charge in [0.05, 0.1) is 0 Å². The molecule has 2 aromatic heterocycles. The number of hydrogen-bond donors (Lipinski definition) is 1. The molecule has 1 aliphatic rings. The van der Waals surface area contributed by atoms with Crippen LogP contribution in [0.25, 0.3) is 22.6 Å². The molecular weight excluding hydrogens is 342 g/mol. The van der Waals surface area contributed by atoms with Gasteiger partial charge in [-0.25, -0.2) is 0 Å². The SMILES string of the molecule is Cc1ccc2oc(-c3nnc(C(=O)NCCC4=CCCCC4)o3)c(C)c2c1. The summed E-state index contributed by atoms with van der Waals surface area (Å²) in [6.07, 6.45) is 7.93. The Hall–Kier alpha value is -2.89. The van der Waals surface area contributed by atoms with Crippen molar-refractivity contribution in [2.75, 3.05) is 6.54 Å². The first-order chi connectivity index (χ1) is 13.1. The number of nitrogens with zero attached hydrogens (tertiary/aromatic N) is 2. The van der Waals surface area contributed by atoms with E-state index in [1.807, 2.05) is 26.0 Å². The molecule has 0 radical (unpaired) electrons. The zero-order valence-corrected chi connectivity index (χ0v) is 15.7. The number of rotatable bonds is 5. The molecule has 0 fully saturated rings. The Kier molecular flexibility index (Phi) is 4.79. The number of benzene rings is 1. The van der Waals surface area contributed by atoms with E-state index in [0.717, 1.165) is 41.4 Å². The lowest BCUT2D eigenvalue weighted by Crippen LogP contribution is -2.25. The largest absolute Gasteiger partial charge is 0.451 e. The van der Waals surface area contributed by atoms with Crippen molar-refractivity contribution in [2.24, 2.45) is 0 Å². The molecule has 0 bridgehead atoms. The second-order valence-corrected chi connectivity index (χ2v) is 7.08. The molecule has 0 spiro atoms. The number of carbonyl (C=O) groups is 1. The minimum Gasteiger partial charge on any atom is -0.451 e. The van der Waals surface area contributed by atoms with Gasteiger partial charge in [-0.1, -0.05) is 23.3 Å². The molecule has 0 saturated carbocycles. The van der Waals surface area contributed by atoms with Crippen LogP contribution in [0.4, 0.5) is 0 Å². The number of aromatic nitrogens is 2. The van der Waals surface area contributed by atoms with E-state index in [0.29, 0.717) is 12.3 Å². The molecule has 4 rings (SSSR count). The predicted molar refractivity (Wildman–Crippen MR) is 102 cm³/mol. The van der Waals surface area contributed by atoms with Crippen LogP contribution in [-0.2, 0) is 0 Å². The van der Waals surface area contributed by atoms with E-state index in [1.54, 1.807) is 0 Å². The molecule has 0 unspecified atom stereocenters. The molecule has 6 heteroatoms. The van der Waals surface area contributed by atoms with Crippen molar-refractivity contribution in [1.29, 1.82) is 0 Å². The van der Waals surface area contributed by atoms with Crippen molar-refractivity contribution < 1.29 is 13.6 Å². The summed E-state index contributed by atoms with van der Waals surface area (Å²) in [5.41, 5.74) is 4.25. The topological polar surface area (TPSA) is 81.2 Å². The Bertz CT molecular complexity index is 1010. The quantitative estimate of drug-likeness (QED) is 0.662. The monoisotopic (exact) mass is 365 g/mol. The van der Waals surface area contributed by atoms with Crippen LogP contribution in [0.3, 0.4) is 0 Å². The predicted octanol–water partition coefficient (Wildman–Crippen LogP) is 4.72. The third kappa shape index (κ3) is 3.65. The minimum atomic E-state index is -0.352. The third-order valence-corrected chi connectivity index (χ3v) is 5.02. The van der Waals surface area contributed by atoms with Gasteiger partial charge in [0.1, 0.15) is 5.58 Å². The number of furan rings is 1. The van der Waals surface area contributed by atoms with Gasteiger partial charge in [0, 0.05) is 17.5 Å². The summed E-state index contributed by atoms with van der Waals surface area (Å²) < 4.78 is 11.4. The number of nitrogens with one attached hydrogen (secondary N) is 1. The molecule has 0 saturated heterocycles. The molecule has 1 aliphatic carbocycles. The summed E-state index contributed by atoms with van der Waals surface area (Å²) in [6, 6.07) is 5.97. The van der Waals surface area contributed by atoms with E-state index in [4.69, 9.17) is 8.83 Å². The summed E-state index contributed by atoms with van der Waals surface area (Å²) in [6.45, 7) is 4.55. The highest BCUT2D eigenvalue weighted by Crippen LogP contribution is 2.32. The molecular formula is C21H23N3O3. The van der Waals surface area contributed by atoms with Crippen molar-refractivity contribution in [2.45, 2.75) is 46.0 Å². The average Bonchev–Trinajstić information content (AvgIpc) is 3.28. The number of carbonyl (C=O) groups excluding carboxylic acids is 1. The van der Waals surface area contributed by atoms with Gasteiger partial charge in [-0.05, 0) is 58.1 Å². The normalized spacial score (nSPS) is 14.4. The number of aryl methyl sites for hydroxylation is 2. The van der Waals surface area contributed by atoms with Crippen LogP contribution in [0, 0.1) is 13.8 Å². The standard InChI is InChI=1S/C21H23N3O3/c1-13-8-9-17-16(12-13)14(2)18(26-17)20-23-24-21(27-20)19(25)22-11-10-15-6-4-3-5-7-15/h6,8-9,12H,3-5,7,10-11H2,1-2H3,(H,22,25). The summed E-state index contributed by atoms with van der Waals surface area (Å²) in [7, 11) is 0. The molecule has 2 heterocycles. The Labute approximate surface area is 157 Å². The molecule has 6 nitrogen and oxygen atoms in total. The zero-order valence-electron chi connectivity index (χ0n) is 15.7. The van der Waals surface area contributed by atoms with Crippen molar-refractivity contribution in [3.8, 4) is 11.7 Å². The van der Waals surface area contributed by atoms with E-state index in [2.05, 4.69) is 27.7 Å². The maximum atomic E-state index is 12.3. The van der Waals surface area contributed by atoms with Gasteiger partial charge in [-0.3, -0.25) is 4.79 Å². The molecule has 140 valence electrons. The van der Waals surface area contributed by atoms with E-state index in [1.165, 1.54) is 18.4 Å². The van der Waals surface area contributed by atoms with Crippen LogP contribution in [-0.4, -0.2) is 22.6 Å². The number of fused-ring (bicyclic) bond motifs is 1. The van der Waals surface area contributed by atoms with Crippen LogP contribution in [0.15, 0.2) is 38.7 Å². The minimum absolute atomic E-state index is 0.0429. The molecule has 1 amide bonds.